The first-order chi connectivity index (χ1) is 17.6. The molecule has 6 rings (SSSR count). The van der Waals surface area contributed by atoms with Gasteiger partial charge in [0.15, 0.2) is 0 Å². The molecule has 1 spiro atoms. The van der Waals surface area contributed by atoms with Crippen LogP contribution in [0.4, 0.5) is 5.69 Å². The minimum absolute atomic E-state index is 0.0943. The largest absolute Gasteiger partial charge is 0.359 e. The first-order valence-corrected chi connectivity index (χ1v) is 12.8. The summed E-state index contributed by atoms with van der Waals surface area (Å²) in [4.78, 5) is 47.0. The lowest BCUT2D eigenvalue weighted by atomic mass is 9.74. The Morgan fingerprint density at radius 2 is 1.86 bits per heavy atom. The van der Waals surface area contributed by atoms with Gasteiger partial charge in [0.2, 0.25) is 17.7 Å². The minimum Gasteiger partial charge on any atom is -0.359 e. The summed E-state index contributed by atoms with van der Waals surface area (Å²) in [6, 6.07) is 12.1. The number of hydrogen-bond acceptors (Lipinski definition) is 5. The van der Waals surface area contributed by atoms with E-state index in [0.717, 1.165) is 31.2 Å². The number of fused-ring (bicyclic) bond motifs is 1. The van der Waals surface area contributed by atoms with Gasteiger partial charge in [-0.15, -0.1) is 0 Å². The summed E-state index contributed by atoms with van der Waals surface area (Å²) >= 11 is 0. The van der Waals surface area contributed by atoms with Gasteiger partial charge in [0.1, 0.15) is 11.6 Å². The highest BCUT2D eigenvalue weighted by Crippen LogP contribution is 2.55. The van der Waals surface area contributed by atoms with Gasteiger partial charge in [0, 0.05) is 30.7 Å². The van der Waals surface area contributed by atoms with Gasteiger partial charge in [-0.05, 0) is 36.6 Å². The topological polar surface area (TPSA) is 101 Å². The molecule has 4 heterocycles. The summed E-state index contributed by atoms with van der Waals surface area (Å²) in [5, 5.41) is 6.15. The second-order valence-corrected chi connectivity index (χ2v) is 10.2. The normalized spacial score (nSPS) is 30.9. The number of ether oxygens (including phenoxy) is 1. The number of hydrogen-bond donors (Lipinski definition) is 2. The molecule has 1 saturated carbocycles. The van der Waals surface area contributed by atoms with E-state index >= 15 is 0 Å². The van der Waals surface area contributed by atoms with Gasteiger partial charge < -0.3 is 20.3 Å². The third kappa shape index (κ3) is 3.80. The van der Waals surface area contributed by atoms with E-state index in [-0.39, 0.29) is 30.3 Å². The standard InChI is InChI=1S/C28H30N4O4/c33-25(30-19-9-3-1-4-10-19)22-21-13-14-28(36-21)23(22)27(35)32(17-18-8-7-15-29-16-18)24(28)26(34)31-20-11-5-2-6-12-20/h1,3-4,7-10,13-16,20-24H,2,5-6,11-12,17H2,(H,30,33)(H,31,34)/t21-,22-,23-,24-,28-/m1/s1. The SMILES string of the molecule is O=C(Nc1ccccc1)[C@@H]1[C@H]2C=C[C@@]3(O2)[C@H]1C(=O)N(Cc1cccnc1)[C@@H]3C(=O)NC1CCCCC1. The van der Waals surface area contributed by atoms with E-state index in [0.29, 0.717) is 5.69 Å². The molecule has 0 unspecified atom stereocenters. The number of nitrogens with one attached hydrogen (secondary N) is 2. The summed E-state index contributed by atoms with van der Waals surface area (Å²) in [5.74, 6) is -2.20. The maximum atomic E-state index is 14.0. The number of anilines is 1. The predicted octanol–water partition coefficient (Wildman–Crippen LogP) is 2.82. The van der Waals surface area contributed by atoms with Crippen LogP contribution in [0.25, 0.3) is 0 Å². The fourth-order valence-corrected chi connectivity index (χ4v) is 6.40. The van der Waals surface area contributed by atoms with Crippen molar-refractivity contribution < 1.29 is 19.1 Å². The van der Waals surface area contributed by atoms with Crippen LogP contribution in [0.15, 0.2) is 67.0 Å². The Morgan fingerprint density at radius 3 is 2.61 bits per heavy atom. The predicted molar refractivity (Wildman–Crippen MR) is 132 cm³/mol. The quantitative estimate of drug-likeness (QED) is 0.612. The molecular weight excluding hydrogens is 456 g/mol. The number of amides is 3. The smallest absolute Gasteiger partial charge is 0.246 e. The highest BCUT2D eigenvalue weighted by molar-refractivity contribution is 6.02. The first kappa shape index (κ1) is 22.9. The van der Waals surface area contributed by atoms with Gasteiger partial charge in [-0.1, -0.05) is 55.7 Å². The molecule has 36 heavy (non-hydrogen) atoms. The van der Waals surface area contributed by atoms with Crippen molar-refractivity contribution in [2.45, 2.75) is 62.4 Å². The van der Waals surface area contributed by atoms with E-state index in [1.54, 1.807) is 17.3 Å². The molecule has 8 heteroatoms. The highest BCUT2D eigenvalue weighted by atomic mass is 16.5. The molecule has 5 atom stereocenters. The second kappa shape index (κ2) is 9.17. The molecule has 3 amide bonds. The Labute approximate surface area is 210 Å². The second-order valence-electron chi connectivity index (χ2n) is 10.2. The molecule has 0 radical (unpaired) electrons. The van der Waals surface area contributed by atoms with Gasteiger partial charge in [-0.25, -0.2) is 0 Å². The maximum Gasteiger partial charge on any atom is 0.246 e. The molecule has 1 aliphatic carbocycles. The molecule has 3 aliphatic heterocycles. The average Bonchev–Trinajstić information content (AvgIpc) is 3.53. The number of aromatic nitrogens is 1. The van der Waals surface area contributed by atoms with Crippen molar-refractivity contribution in [3.63, 3.8) is 0 Å². The molecule has 1 aromatic carbocycles. The maximum absolute atomic E-state index is 14.0. The Bertz CT molecular complexity index is 1180. The third-order valence-corrected chi connectivity index (χ3v) is 7.99. The lowest BCUT2D eigenvalue weighted by molar-refractivity contribution is -0.142. The summed E-state index contributed by atoms with van der Waals surface area (Å²) < 4.78 is 6.41. The van der Waals surface area contributed by atoms with Crippen molar-refractivity contribution in [1.29, 1.82) is 0 Å². The molecule has 2 aromatic rings. The number of carbonyl (C=O) groups is 3. The van der Waals surface area contributed by atoms with Crippen molar-refractivity contribution in [2.24, 2.45) is 11.8 Å². The van der Waals surface area contributed by atoms with E-state index < -0.39 is 29.6 Å². The Balaban J connectivity index is 1.33. The zero-order valence-corrected chi connectivity index (χ0v) is 20.0. The van der Waals surface area contributed by atoms with Gasteiger partial charge in [-0.3, -0.25) is 19.4 Å². The van der Waals surface area contributed by atoms with Crippen molar-refractivity contribution in [3.8, 4) is 0 Å². The van der Waals surface area contributed by atoms with Crippen molar-refractivity contribution in [1.82, 2.24) is 15.2 Å². The highest BCUT2D eigenvalue weighted by Gasteiger charge is 2.72. The minimum atomic E-state index is -1.17. The van der Waals surface area contributed by atoms with Crippen LogP contribution < -0.4 is 10.6 Å². The lowest BCUT2D eigenvalue weighted by Gasteiger charge is -2.34. The number of para-hydroxylation sites is 1. The van der Waals surface area contributed by atoms with Gasteiger partial charge in [-0.2, -0.15) is 0 Å². The van der Waals surface area contributed by atoms with Crippen LogP contribution in [-0.4, -0.2) is 51.4 Å². The van der Waals surface area contributed by atoms with Crippen molar-refractivity contribution in [3.05, 3.63) is 72.6 Å². The fourth-order valence-electron chi connectivity index (χ4n) is 6.40. The molecule has 8 nitrogen and oxygen atoms in total. The number of nitrogens with zero attached hydrogens (tertiary/aromatic N) is 2. The third-order valence-electron chi connectivity index (χ3n) is 7.99. The zero-order chi connectivity index (χ0) is 24.7. The molecule has 3 fully saturated rings. The Kier molecular flexibility index (Phi) is 5.84. The number of pyridine rings is 1. The van der Waals surface area contributed by atoms with E-state index in [2.05, 4.69) is 15.6 Å². The molecule has 4 aliphatic rings. The van der Waals surface area contributed by atoms with Crippen molar-refractivity contribution in [2.75, 3.05) is 5.32 Å². The van der Waals surface area contributed by atoms with E-state index in [9.17, 15) is 14.4 Å². The van der Waals surface area contributed by atoms with Crippen LogP contribution >= 0.6 is 0 Å². The summed E-state index contributed by atoms with van der Waals surface area (Å²) in [5.41, 5.74) is 0.315. The van der Waals surface area contributed by atoms with Gasteiger partial charge in [0.05, 0.1) is 17.9 Å². The lowest BCUT2D eigenvalue weighted by Crippen LogP contribution is -2.56. The molecular formula is C28H30N4O4. The van der Waals surface area contributed by atoms with Crippen LogP contribution in [-0.2, 0) is 25.7 Å². The first-order valence-electron chi connectivity index (χ1n) is 12.8. The van der Waals surface area contributed by atoms with Crippen LogP contribution in [0.1, 0.15) is 37.7 Å². The van der Waals surface area contributed by atoms with Crippen LogP contribution in [0.3, 0.4) is 0 Å². The number of carbonyl (C=O) groups excluding carboxylic acids is 3. The van der Waals surface area contributed by atoms with Crippen LogP contribution in [0, 0.1) is 11.8 Å². The Hall–Kier alpha value is -3.52. The van der Waals surface area contributed by atoms with Gasteiger partial charge in [0.25, 0.3) is 0 Å². The summed E-state index contributed by atoms with van der Waals surface area (Å²) in [7, 11) is 0. The molecule has 1 aromatic heterocycles. The van der Waals surface area contributed by atoms with E-state index in [4.69, 9.17) is 4.74 Å². The summed E-state index contributed by atoms with van der Waals surface area (Å²) in [6.45, 7) is 0.225. The fraction of sp³-hybridized carbons (Fsp3) is 0.429. The van der Waals surface area contributed by atoms with Crippen LogP contribution in [0.2, 0.25) is 0 Å². The number of likely N-dealkylation sites (tertiary alicyclic amines) is 1. The zero-order valence-electron chi connectivity index (χ0n) is 20.0. The Morgan fingerprint density at radius 1 is 1.06 bits per heavy atom. The number of benzene rings is 1. The average molecular weight is 487 g/mol. The monoisotopic (exact) mass is 486 g/mol. The summed E-state index contributed by atoms with van der Waals surface area (Å²) in [6.07, 6.45) is 11.7. The molecule has 2 N–H and O–H groups in total. The van der Waals surface area contributed by atoms with E-state index in [1.807, 2.05) is 54.6 Å². The van der Waals surface area contributed by atoms with Crippen LogP contribution in [0.5, 0.6) is 0 Å². The van der Waals surface area contributed by atoms with Gasteiger partial charge >= 0.3 is 0 Å². The molecule has 2 saturated heterocycles. The molecule has 186 valence electrons. The molecule has 2 bridgehead atoms. The van der Waals surface area contributed by atoms with Crippen molar-refractivity contribution >= 4 is 23.4 Å². The van der Waals surface area contributed by atoms with E-state index in [1.165, 1.54) is 6.42 Å². The number of rotatable bonds is 6.